The Morgan fingerprint density at radius 2 is 1.77 bits per heavy atom. The first-order valence-electron chi connectivity index (χ1n) is 10.2. The second-order valence-corrected chi connectivity index (χ2v) is 8.53. The fraction of sp³-hybridized carbons (Fsp3) is 0.417. The molecule has 31 heavy (non-hydrogen) atoms. The van der Waals surface area contributed by atoms with Crippen LogP contribution >= 0.6 is 11.6 Å². The van der Waals surface area contributed by atoms with Gasteiger partial charge in [-0.15, -0.1) is 0 Å². The van der Waals surface area contributed by atoms with Crippen LogP contribution in [0.15, 0.2) is 42.5 Å². The quantitative estimate of drug-likeness (QED) is 0.548. The molecule has 0 aliphatic heterocycles. The molecular weight excluding hydrogens is 418 g/mol. The number of methoxy groups -OCH3 is 1. The molecule has 6 nitrogen and oxygen atoms in total. The summed E-state index contributed by atoms with van der Waals surface area (Å²) in [7, 11) is 1.61. The second kappa shape index (κ2) is 11.0. The lowest BCUT2D eigenvalue weighted by molar-refractivity contribution is -0.143. The fourth-order valence-corrected chi connectivity index (χ4v) is 3.25. The van der Waals surface area contributed by atoms with Gasteiger partial charge >= 0.3 is 12.1 Å². The van der Waals surface area contributed by atoms with Crippen molar-refractivity contribution in [1.29, 1.82) is 0 Å². The van der Waals surface area contributed by atoms with Gasteiger partial charge in [0.15, 0.2) is 0 Å². The van der Waals surface area contributed by atoms with E-state index in [1.165, 1.54) is 0 Å². The summed E-state index contributed by atoms with van der Waals surface area (Å²) >= 11 is 6.14. The van der Waals surface area contributed by atoms with Crippen LogP contribution in [0, 0.1) is 0 Å². The maximum absolute atomic E-state index is 12.2. The van der Waals surface area contributed by atoms with Gasteiger partial charge in [0.1, 0.15) is 11.4 Å². The van der Waals surface area contributed by atoms with Crippen molar-refractivity contribution in [2.24, 2.45) is 0 Å². The van der Waals surface area contributed by atoms with Crippen molar-refractivity contribution in [3.8, 4) is 16.9 Å². The minimum atomic E-state index is -0.629. The van der Waals surface area contributed by atoms with Gasteiger partial charge in [0, 0.05) is 16.6 Å². The van der Waals surface area contributed by atoms with E-state index in [0.29, 0.717) is 11.4 Å². The number of carbonyl (C=O) groups excluding carboxylic acids is 2. The summed E-state index contributed by atoms with van der Waals surface area (Å²) in [4.78, 5) is 24.2. The first kappa shape index (κ1) is 24.5. The zero-order valence-electron chi connectivity index (χ0n) is 18.7. The van der Waals surface area contributed by atoms with Crippen molar-refractivity contribution in [2.75, 3.05) is 13.7 Å². The number of ether oxygens (including phenoxy) is 3. The standard InChI is InChI=1S/C24H30ClNO5/c1-6-30-22(27)15-19(26-23(28)31-24(2,3)4)13-16-7-9-17(10-8-16)20-14-18(25)11-12-21(20)29-5/h7-12,14,19H,6,13,15H2,1-5H3,(H,26,28)/t19-/m1/s1. The van der Waals surface area contributed by atoms with Gasteiger partial charge in [0.05, 0.1) is 20.1 Å². The number of benzene rings is 2. The minimum Gasteiger partial charge on any atom is -0.496 e. The Labute approximate surface area is 188 Å². The molecule has 0 radical (unpaired) electrons. The van der Waals surface area contributed by atoms with E-state index >= 15 is 0 Å². The maximum atomic E-state index is 12.2. The third kappa shape index (κ3) is 8.13. The number of halogens is 1. The molecule has 0 saturated heterocycles. The van der Waals surface area contributed by atoms with Crippen molar-refractivity contribution in [3.63, 3.8) is 0 Å². The van der Waals surface area contributed by atoms with Crippen LogP contribution in [0.4, 0.5) is 4.79 Å². The lowest BCUT2D eigenvalue weighted by Gasteiger charge is -2.23. The van der Waals surface area contributed by atoms with Crippen LogP contribution in [0.1, 0.15) is 39.7 Å². The molecule has 168 valence electrons. The Balaban J connectivity index is 2.17. The predicted octanol–water partition coefficient (Wildman–Crippen LogP) is 5.40. The summed E-state index contributed by atoms with van der Waals surface area (Å²) in [6.45, 7) is 7.40. The van der Waals surface area contributed by atoms with Gasteiger partial charge in [0.2, 0.25) is 0 Å². The molecule has 2 rings (SSSR count). The van der Waals surface area contributed by atoms with Crippen LogP contribution in [0.25, 0.3) is 11.1 Å². The molecule has 0 bridgehead atoms. The van der Waals surface area contributed by atoms with Crippen molar-refractivity contribution in [1.82, 2.24) is 5.32 Å². The van der Waals surface area contributed by atoms with Crippen LogP contribution in [0.5, 0.6) is 5.75 Å². The molecule has 1 atom stereocenters. The van der Waals surface area contributed by atoms with E-state index in [2.05, 4.69) is 5.32 Å². The largest absolute Gasteiger partial charge is 0.496 e. The molecule has 0 aromatic heterocycles. The van der Waals surface area contributed by atoms with Crippen molar-refractivity contribution in [3.05, 3.63) is 53.1 Å². The van der Waals surface area contributed by atoms with Crippen LogP contribution in [-0.4, -0.2) is 37.4 Å². The SMILES string of the molecule is CCOC(=O)C[C@@H](Cc1ccc(-c2cc(Cl)ccc2OC)cc1)NC(=O)OC(C)(C)C. The average molecular weight is 448 g/mol. The summed E-state index contributed by atoms with van der Waals surface area (Å²) in [6.07, 6.45) is -0.0656. The van der Waals surface area contributed by atoms with E-state index in [1.807, 2.05) is 36.4 Å². The number of hydrogen-bond donors (Lipinski definition) is 1. The van der Waals surface area contributed by atoms with Crippen LogP contribution < -0.4 is 10.1 Å². The number of esters is 1. The maximum Gasteiger partial charge on any atom is 0.407 e. The molecule has 1 N–H and O–H groups in total. The first-order valence-corrected chi connectivity index (χ1v) is 10.6. The Kier molecular flexibility index (Phi) is 8.75. The molecule has 1 amide bonds. The van der Waals surface area contributed by atoms with Crippen molar-refractivity contribution < 1.29 is 23.8 Å². The number of alkyl carbamates (subject to hydrolysis) is 1. The number of rotatable bonds is 8. The zero-order valence-corrected chi connectivity index (χ0v) is 19.4. The van der Waals surface area contributed by atoms with Gasteiger partial charge in [-0.1, -0.05) is 35.9 Å². The summed E-state index contributed by atoms with van der Waals surface area (Å²) in [5, 5.41) is 3.41. The average Bonchev–Trinajstić information content (AvgIpc) is 2.67. The van der Waals surface area contributed by atoms with Crippen LogP contribution in [0.2, 0.25) is 5.02 Å². The van der Waals surface area contributed by atoms with Gasteiger partial charge in [-0.25, -0.2) is 4.79 Å². The first-order chi connectivity index (χ1) is 14.6. The lowest BCUT2D eigenvalue weighted by atomic mass is 9.99. The van der Waals surface area contributed by atoms with E-state index < -0.39 is 17.7 Å². The van der Waals surface area contributed by atoms with Crippen molar-refractivity contribution >= 4 is 23.7 Å². The third-order valence-corrected chi connectivity index (χ3v) is 4.58. The Bertz CT molecular complexity index is 890. The highest BCUT2D eigenvalue weighted by Crippen LogP contribution is 2.32. The Morgan fingerprint density at radius 1 is 1.10 bits per heavy atom. The lowest BCUT2D eigenvalue weighted by Crippen LogP contribution is -2.41. The van der Waals surface area contributed by atoms with Gasteiger partial charge in [-0.05, 0) is 63.4 Å². The second-order valence-electron chi connectivity index (χ2n) is 8.10. The van der Waals surface area contributed by atoms with Gasteiger partial charge in [0.25, 0.3) is 0 Å². The molecule has 7 heteroatoms. The van der Waals surface area contributed by atoms with Gasteiger partial charge in [-0.3, -0.25) is 4.79 Å². The van der Waals surface area contributed by atoms with Gasteiger partial charge < -0.3 is 19.5 Å². The molecule has 0 unspecified atom stereocenters. The molecule has 2 aromatic carbocycles. The van der Waals surface area contributed by atoms with Crippen LogP contribution in [-0.2, 0) is 20.7 Å². The number of nitrogens with one attached hydrogen (secondary N) is 1. The fourth-order valence-electron chi connectivity index (χ4n) is 3.08. The summed E-state index contributed by atoms with van der Waals surface area (Å²) < 4.78 is 15.8. The monoisotopic (exact) mass is 447 g/mol. The Morgan fingerprint density at radius 3 is 2.35 bits per heavy atom. The molecular formula is C24H30ClNO5. The minimum absolute atomic E-state index is 0.0525. The molecule has 0 saturated carbocycles. The molecule has 2 aromatic rings. The van der Waals surface area contributed by atoms with Gasteiger partial charge in [-0.2, -0.15) is 0 Å². The predicted molar refractivity (Wildman–Crippen MR) is 122 cm³/mol. The molecule has 0 aliphatic rings. The zero-order chi connectivity index (χ0) is 23.0. The van der Waals surface area contributed by atoms with E-state index in [0.717, 1.165) is 22.4 Å². The normalized spacial score (nSPS) is 12.1. The van der Waals surface area contributed by atoms with E-state index in [-0.39, 0.29) is 19.0 Å². The highest BCUT2D eigenvalue weighted by molar-refractivity contribution is 6.31. The topological polar surface area (TPSA) is 73.9 Å². The number of carbonyl (C=O) groups is 2. The summed E-state index contributed by atoms with van der Waals surface area (Å²) in [6, 6.07) is 12.8. The number of amides is 1. The summed E-state index contributed by atoms with van der Waals surface area (Å²) in [5.74, 6) is 0.354. The molecule has 0 fully saturated rings. The molecule has 0 spiro atoms. The number of hydrogen-bond acceptors (Lipinski definition) is 5. The highest BCUT2D eigenvalue weighted by Gasteiger charge is 2.22. The Hall–Kier alpha value is -2.73. The van der Waals surface area contributed by atoms with E-state index in [4.69, 9.17) is 25.8 Å². The molecule has 0 aliphatic carbocycles. The third-order valence-electron chi connectivity index (χ3n) is 4.35. The highest BCUT2D eigenvalue weighted by atomic mass is 35.5. The van der Waals surface area contributed by atoms with E-state index in [9.17, 15) is 9.59 Å². The van der Waals surface area contributed by atoms with Crippen molar-refractivity contribution in [2.45, 2.75) is 52.2 Å². The summed E-state index contributed by atoms with van der Waals surface area (Å²) in [5.41, 5.74) is 2.16. The smallest absolute Gasteiger partial charge is 0.407 e. The van der Waals surface area contributed by atoms with Crippen LogP contribution in [0.3, 0.4) is 0 Å². The van der Waals surface area contributed by atoms with E-state index in [1.54, 1.807) is 40.9 Å². The molecule has 0 heterocycles.